The number of nitrogens with one attached hydrogen (secondary N) is 1. The molecule has 2 nitrogen and oxygen atoms in total. The summed E-state index contributed by atoms with van der Waals surface area (Å²) in [7, 11) is 0. The van der Waals surface area contributed by atoms with Gasteiger partial charge in [-0.05, 0) is 70.8 Å². The minimum Gasteiger partial charge on any atom is -0.375 e. The van der Waals surface area contributed by atoms with E-state index in [1.807, 2.05) is 0 Å². The molecule has 0 amide bonds. The summed E-state index contributed by atoms with van der Waals surface area (Å²) in [6.07, 6.45) is 10.6. The Hall–Kier alpha value is -0.0800. The Morgan fingerprint density at radius 1 is 1.41 bits per heavy atom. The van der Waals surface area contributed by atoms with Crippen molar-refractivity contribution in [3.63, 3.8) is 0 Å². The Kier molecular flexibility index (Phi) is 4.87. The third-order valence-corrected chi connectivity index (χ3v) is 4.61. The topological polar surface area (TPSA) is 21.3 Å². The summed E-state index contributed by atoms with van der Waals surface area (Å²) >= 11 is 0. The second-order valence-electron chi connectivity index (χ2n) is 6.18. The van der Waals surface area contributed by atoms with Gasteiger partial charge in [-0.3, -0.25) is 0 Å². The molecule has 0 aromatic carbocycles. The van der Waals surface area contributed by atoms with Crippen molar-refractivity contribution in [2.24, 2.45) is 5.92 Å². The van der Waals surface area contributed by atoms with Gasteiger partial charge in [0.05, 0.1) is 5.60 Å². The molecule has 2 atom stereocenters. The lowest BCUT2D eigenvalue weighted by Crippen LogP contribution is -2.45. The van der Waals surface area contributed by atoms with E-state index in [0.717, 1.165) is 12.5 Å². The highest BCUT2D eigenvalue weighted by atomic mass is 16.5. The first-order valence-corrected chi connectivity index (χ1v) is 7.61. The van der Waals surface area contributed by atoms with Crippen LogP contribution in [0.3, 0.4) is 0 Å². The van der Waals surface area contributed by atoms with E-state index in [1.165, 1.54) is 57.9 Å². The molecular formula is C15H29NO. The van der Waals surface area contributed by atoms with Gasteiger partial charge < -0.3 is 10.1 Å². The van der Waals surface area contributed by atoms with Gasteiger partial charge in [0.1, 0.15) is 0 Å². The first-order valence-electron chi connectivity index (χ1n) is 7.61. The van der Waals surface area contributed by atoms with E-state index in [1.54, 1.807) is 0 Å². The highest BCUT2D eigenvalue weighted by Crippen LogP contribution is 2.45. The van der Waals surface area contributed by atoms with Crippen molar-refractivity contribution in [3.05, 3.63) is 0 Å². The van der Waals surface area contributed by atoms with Gasteiger partial charge in [0.25, 0.3) is 0 Å². The predicted molar refractivity (Wildman–Crippen MR) is 72.2 cm³/mol. The molecule has 100 valence electrons. The summed E-state index contributed by atoms with van der Waals surface area (Å²) in [6.45, 7) is 6.74. The van der Waals surface area contributed by atoms with Gasteiger partial charge in [0.15, 0.2) is 0 Å². The number of hydrogen-bond donors (Lipinski definition) is 1. The first kappa shape index (κ1) is 13.4. The Morgan fingerprint density at radius 2 is 2.24 bits per heavy atom. The Balaban J connectivity index is 1.65. The quantitative estimate of drug-likeness (QED) is 0.766. The molecule has 1 aliphatic carbocycles. The standard InChI is InChI=1S/C15H29NO/c1-3-10-16-13(2)5-6-14-7-11-17-15(12-14)8-4-9-15/h13-14,16H,3-12H2,1-2H3. The SMILES string of the molecule is CCCNC(C)CCC1CCOC2(CCC2)C1. The highest BCUT2D eigenvalue weighted by molar-refractivity contribution is 4.94. The van der Waals surface area contributed by atoms with Crippen LogP contribution >= 0.6 is 0 Å². The van der Waals surface area contributed by atoms with Crippen LogP contribution in [0.2, 0.25) is 0 Å². The van der Waals surface area contributed by atoms with Gasteiger partial charge in [-0.15, -0.1) is 0 Å². The van der Waals surface area contributed by atoms with Crippen molar-refractivity contribution in [1.82, 2.24) is 5.32 Å². The molecule has 1 spiro atoms. The van der Waals surface area contributed by atoms with Gasteiger partial charge in [-0.2, -0.15) is 0 Å². The minimum atomic E-state index is 0.336. The average Bonchev–Trinajstić information content (AvgIpc) is 2.32. The summed E-state index contributed by atoms with van der Waals surface area (Å²) in [6, 6.07) is 0.690. The number of hydrogen-bond acceptors (Lipinski definition) is 2. The first-order chi connectivity index (χ1) is 8.24. The fourth-order valence-electron chi connectivity index (χ4n) is 3.27. The molecule has 2 aliphatic rings. The molecule has 0 bridgehead atoms. The van der Waals surface area contributed by atoms with Crippen LogP contribution in [0.25, 0.3) is 0 Å². The van der Waals surface area contributed by atoms with Gasteiger partial charge >= 0.3 is 0 Å². The van der Waals surface area contributed by atoms with Crippen molar-refractivity contribution in [2.75, 3.05) is 13.2 Å². The maximum Gasteiger partial charge on any atom is 0.0685 e. The zero-order chi connectivity index (χ0) is 12.1. The van der Waals surface area contributed by atoms with Crippen molar-refractivity contribution in [1.29, 1.82) is 0 Å². The smallest absolute Gasteiger partial charge is 0.0685 e. The van der Waals surface area contributed by atoms with Crippen molar-refractivity contribution >= 4 is 0 Å². The zero-order valence-corrected chi connectivity index (χ0v) is 11.6. The van der Waals surface area contributed by atoms with Crippen LogP contribution < -0.4 is 5.32 Å². The van der Waals surface area contributed by atoms with Crippen LogP contribution in [-0.4, -0.2) is 24.8 Å². The van der Waals surface area contributed by atoms with Crippen LogP contribution in [0, 0.1) is 5.92 Å². The zero-order valence-electron chi connectivity index (χ0n) is 11.6. The molecule has 1 saturated carbocycles. The number of rotatable bonds is 6. The van der Waals surface area contributed by atoms with Crippen molar-refractivity contribution in [3.8, 4) is 0 Å². The molecular weight excluding hydrogens is 210 g/mol. The second-order valence-corrected chi connectivity index (χ2v) is 6.18. The molecule has 1 N–H and O–H groups in total. The molecule has 17 heavy (non-hydrogen) atoms. The summed E-state index contributed by atoms with van der Waals surface area (Å²) in [5.41, 5.74) is 0.336. The van der Waals surface area contributed by atoms with E-state index < -0.39 is 0 Å². The van der Waals surface area contributed by atoms with Crippen LogP contribution in [0.1, 0.15) is 65.2 Å². The van der Waals surface area contributed by atoms with Crippen LogP contribution in [0.15, 0.2) is 0 Å². The lowest BCUT2D eigenvalue weighted by Gasteiger charge is -2.47. The molecule has 0 radical (unpaired) electrons. The van der Waals surface area contributed by atoms with E-state index in [0.29, 0.717) is 11.6 Å². The molecule has 1 heterocycles. The second kappa shape index (κ2) is 6.19. The van der Waals surface area contributed by atoms with Crippen LogP contribution in [0.4, 0.5) is 0 Å². The molecule has 2 unspecified atom stereocenters. The van der Waals surface area contributed by atoms with Crippen LogP contribution in [-0.2, 0) is 4.74 Å². The molecule has 0 aromatic rings. The lowest BCUT2D eigenvalue weighted by molar-refractivity contribution is -0.144. The normalized spacial score (nSPS) is 28.9. The van der Waals surface area contributed by atoms with Gasteiger partial charge in [0, 0.05) is 12.6 Å². The van der Waals surface area contributed by atoms with Gasteiger partial charge in [0.2, 0.25) is 0 Å². The van der Waals surface area contributed by atoms with E-state index in [4.69, 9.17) is 4.74 Å². The van der Waals surface area contributed by atoms with Crippen molar-refractivity contribution in [2.45, 2.75) is 76.9 Å². The highest BCUT2D eigenvalue weighted by Gasteiger charge is 2.42. The average molecular weight is 239 g/mol. The largest absolute Gasteiger partial charge is 0.375 e. The summed E-state index contributed by atoms with van der Waals surface area (Å²) < 4.78 is 5.99. The fourth-order valence-corrected chi connectivity index (χ4v) is 3.27. The lowest BCUT2D eigenvalue weighted by atomic mass is 9.71. The van der Waals surface area contributed by atoms with Gasteiger partial charge in [-0.1, -0.05) is 6.92 Å². The predicted octanol–water partition coefficient (Wildman–Crippen LogP) is 3.50. The molecule has 2 heteroatoms. The molecule has 2 rings (SSSR count). The maximum absolute atomic E-state index is 5.99. The molecule has 0 aromatic heterocycles. The molecule has 1 saturated heterocycles. The van der Waals surface area contributed by atoms with E-state index >= 15 is 0 Å². The number of ether oxygens (including phenoxy) is 1. The van der Waals surface area contributed by atoms with Crippen LogP contribution in [0.5, 0.6) is 0 Å². The summed E-state index contributed by atoms with van der Waals surface area (Å²) in [5.74, 6) is 0.926. The monoisotopic (exact) mass is 239 g/mol. The summed E-state index contributed by atoms with van der Waals surface area (Å²) in [5, 5.41) is 3.59. The Bertz CT molecular complexity index is 225. The molecule has 1 aliphatic heterocycles. The fraction of sp³-hybridized carbons (Fsp3) is 1.00. The Morgan fingerprint density at radius 3 is 2.88 bits per heavy atom. The third-order valence-electron chi connectivity index (χ3n) is 4.61. The van der Waals surface area contributed by atoms with E-state index in [2.05, 4.69) is 19.2 Å². The third kappa shape index (κ3) is 3.69. The van der Waals surface area contributed by atoms with Gasteiger partial charge in [-0.25, -0.2) is 0 Å². The maximum atomic E-state index is 5.99. The van der Waals surface area contributed by atoms with E-state index in [9.17, 15) is 0 Å². The van der Waals surface area contributed by atoms with Crippen molar-refractivity contribution < 1.29 is 4.74 Å². The van der Waals surface area contributed by atoms with E-state index in [-0.39, 0.29) is 0 Å². The Labute approximate surface area is 107 Å². The molecule has 2 fully saturated rings. The summed E-state index contributed by atoms with van der Waals surface area (Å²) in [4.78, 5) is 0. The minimum absolute atomic E-state index is 0.336.